The average molecular weight is 462 g/mol. The highest BCUT2D eigenvalue weighted by Crippen LogP contribution is 2.41. The van der Waals surface area contributed by atoms with Crippen LogP contribution in [0.25, 0.3) is 5.57 Å². The van der Waals surface area contributed by atoms with E-state index in [1.807, 2.05) is 0 Å². The number of amides is 2. The van der Waals surface area contributed by atoms with Crippen LogP contribution in [0.4, 0.5) is 18.0 Å². The van der Waals surface area contributed by atoms with Gasteiger partial charge in [-0.15, -0.1) is 0 Å². The van der Waals surface area contributed by atoms with Crippen molar-refractivity contribution in [3.63, 3.8) is 0 Å². The van der Waals surface area contributed by atoms with Gasteiger partial charge in [-0.3, -0.25) is 0 Å². The molecule has 1 aliphatic heterocycles. The molecule has 8 heteroatoms. The summed E-state index contributed by atoms with van der Waals surface area (Å²) >= 11 is 0. The summed E-state index contributed by atoms with van der Waals surface area (Å²) in [6.45, 7) is 1.36. The molecule has 0 saturated carbocycles. The van der Waals surface area contributed by atoms with E-state index in [2.05, 4.69) is 5.32 Å². The second kappa shape index (κ2) is 10.4. The number of aliphatic hydroxyl groups is 1. The van der Waals surface area contributed by atoms with Crippen LogP contribution in [0.3, 0.4) is 0 Å². The van der Waals surface area contributed by atoms with E-state index < -0.39 is 42.0 Å². The number of benzene rings is 2. The summed E-state index contributed by atoms with van der Waals surface area (Å²) < 4.78 is 42.9. The monoisotopic (exact) mass is 461 g/mol. The zero-order valence-corrected chi connectivity index (χ0v) is 19.1. The van der Waals surface area contributed by atoms with Gasteiger partial charge in [-0.2, -0.15) is 0 Å². The highest BCUT2D eigenvalue weighted by molar-refractivity contribution is 5.83. The van der Waals surface area contributed by atoms with Crippen LogP contribution in [-0.4, -0.2) is 66.9 Å². The van der Waals surface area contributed by atoms with Crippen molar-refractivity contribution in [1.29, 1.82) is 0 Å². The topological polar surface area (TPSA) is 55.8 Å². The van der Waals surface area contributed by atoms with Crippen LogP contribution in [0, 0.1) is 11.6 Å². The number of halogens is 3. The Kier molecular flexibility index (Phi) is 7.81. The quantitative estimate of drug-likeness (QED) is 0.626. The molecule has 0 spiro atoms. The number of hydrogen-bond acceptors (Lipinski definition) is 3. The van der Waals surface area contributed by atoms with Crippen molar-refractivity contribution in [3.8, 4) is 0 Å². The van der Waals surface area contributed by atoms with Crippen molar-refractivity contribution < 1.29 is 23.1 Å². The molecule has 2 aromatic carbocycles. The lowest BCUT2D eigenvalue weighted by Gasteiger charge is -2.41. The molecular formula is C25H30F3N3O2. The van der Waals surface area contributed by atoms with Crippen LogP contribution >= 0.6 is 0 Å². The SMILES string of the molecule is CNCC[C@@H]([C@H](C)F)N(C)C(=O)N1CC(c2cc(F)ccc2F)=C[C@@]1(CO)c1ccccc1. The van der Waals surface area contributed by atoms with Gasteiger partial charge in [-0.25, -0.2) is 18.0 Å². The van der Waals surface area contributed by atoms with Crippen molar-refractivity contribution in [2.45, 2.75) is 31.1 Å². The van der Waals surface area contributed by atoms with Crippen molar-refractivity contribution in [2.24, 2.45) is 0 Å². The van der Waals surface area contributed by atoms with Gasteiger partial charge in [0.2, 0.25) is 0 Å². The van der Waals surface area contributed by atoms with Gasteiger partial charge in [-0.05, 0) is 62.3 Å². The van der Waals surface area contributed by atoms with Crippen LogP contribution in [0.2, 0.25) is 0 Å². The lowest BCUT2D eigenvalue weighted by Crippen LogP contribution is -2.55. The van der Waals surface area contributed by atoms with E-state index in [0.717, 1.165) is 18.2 Å². The van der Waals surface area contributed by atoms with Crippen LogP contribution in [0.1, 0.15) is 24.5 Å². The molecule has 0 aliphatic carbocycles. The minimum Gasteiger partial charge on any atom is -0.393 e. The van der Waals surface area contributed by atoms with E-state index in [9.17, 15) is 23.1 Å². The summed E-state index contributed by atoms with van der Waals surface area (Å²) in [6.07, 6.45) is 0.705. The van der Waals surface area contributed by atoms with E-state index in [0.29, 0.717) is 24.1 Å². The van der Waals surface area contributed by atoms with E-state index in [4.69, 9.17) is 0 Å². The molecule has 2 amide bonds. The van der Waals surface area contributed by atoms with Crippen LogP contribution < -0.4 is 5.32 Å². The Morgan fingerprint density at radius 3 is 2.55 bits per heavy atom. The van der Waals surface area contributed by atoms with Crippen molar-refractivity contribution in [3.05, 3.63) is 77.4 Å². The highest BCUT2D eigenvalue weighted by atomic mass is 19.1. The summed E-state index contributed by atoms with van der Waals surface area (Å²) in [5.41, 5.74) is -0.312. The van der Waals surface area contributed by atoms with Crippen LogP contribution in [-0.2, 0) is 5.54 Å². The Bertz CT molecular complexity index is 1000. The summed E-state index contributed by atoms with van der Waals surface area (Å²) in [5, 5.41) is 13.5. The number of nitrogens with one attached hydrogen (secondary N) is 1. The summed E-state index contributed by atoms with van der Waals surface area (Å²) in [6, 6.07) is 10.8. The minimum absolute atomic E-state index is 0.0206. The molecule has 1 heterocycles. The van der Waals surface area contributed by atoms with E-state index in [1.165, 1.54) is 23.8 Å². The second-order valence-corrected chi connectivity index (χ2v) is 8.36. The highest BCUT2D eigenvalue weighted by Gasteiger charge is 2.46. The van der Waals surface area contributed by atoms with Crippen molar-refractivity contribution in [1.82, 2.24) is 15.1 Å². The first kappa shape index (κ1) is 24.8. The molecule has 178 valence electrons. The molecule has 0 bridgehead atoms. The molecule has 5 nitrogen and oxygen atoms in total. The number of alkyl halides is 1. The third-order valence-corrected chi connectivity index (χ3v) is 6.26. The maximum Gasteiger partial charge on any atom is 0.321 e. The van der Waals surface area contributed by atoms with Crippen LogP contribution in [0.15, 0.2) is 54.6 Å². The Morgan fingerprint density at radius 2 is 1.94 bits per heavy atom. The smallest absolute Gasteiger partial charge is 0.321 e. The largest absolute Gasteiger partial charge is 0.393 e. The molecule has 0 radical (unpaired) electrons. The molecule has 0 aromatic heterocycles. The van der Waals surface area contributed by atoms with Crippen molar-refractivity contribution in [2.75, 3.05) is 33.8 Å². The first-order chi connectivity index (χ1) is 15.7. The van der Waals surface area contributed by atoms with Gasteiger partial charge in [-0.1, -0.05) is 30.3 Å². The van der Waals surface area contributed by atoms with E-state index >= 15 is 0 Å². The summed E-state index contributed by atoms with van der Waals surface area (Å²) in [4.78, 5) is 16.4. The second-order valence-electron chi connectivity index (χ2n) is 8.36. The van der Waals surface area contributed by atoms with Crippen LogP contribution in [0.5, 0.6) is 0 Å². The first-order valence-corrected chi connectivity index (χ1v) is 10.9. The van der Waals surface area contributed by atoms with Gasteiger partial charge >= 0.3 is 6.03 Å². The molecule has 3 rings (SSSR count). The number of carbonyl (C=O) groups excluding carboxylic acids is 1. The number of nitrogens with zero attached hydrogens (tertiary/aromatic N) is 2. The zero-order valence-electron chi connectivity index (χ0n) is 19.1. The summed E-state index contributed by atoms with van der Waals surface area (Å²) in [7, 11) is 3.27. The average Bonchev–Trinajstić information content (AvgIpc) is 3.21. The Balaban J connectivity index is 2.07. The molecule has 33 heavy (non-hydrogen) atoms. The standard InChI is InChI=1S/C25H30F3N3O2/c1-17(26)23(11-12-29-2)30(3)24(33)31-15-18(21-13-20(27)9-10-22(21)28)14-25(31,16-32)19-7-5-4-6-8-19/h4-10,13-14,17,23,29,32H,11-12,15-16H2,1-3H3/t17-,23-,25+/m0/s1. The number of aliphatic hydroxyl groups excluding tert-OH is 1. The minimum atomic E-state index is -1.31. The van der Waals surface area contributed by atoms with Gasteiger partial charge in [0.1, 0.15) is 23.3 Å². The predicted molar refractivity (Wildman–Crippen MR) is 122 cm³/mol. The molecule has 0 saturated heterocycles. The zero-order chi connectivity index (χ0) is 24.2. The third kappa shape index (κ3) is 4.91. The molecular weight excluding hydrogens is 431 g/mol. The maximum absolute atomic E-state index is 14.6. The first-order valence-electron chi connectivity index (χ1n) is 10.9. The fourth-order valence-corrected chi connectivity index (χ4v) is 4.41. The number of carbonyl (C=O) groups is 1. The number of urea groups is 1. The third-order valence-electron chi connectivity index (χ3n) is 6.26. The number of hydrogen-bond donors (Lipinski definition) is 2. The fourth-order valence-electron chi connectivity index (χ4n) is 4.41. The molecule has 0 unspecified atom stereocenters. The molecule has 2 aromatic rings. The molecule has 0 fully saturated rings. The van der Waals surface area contributed by atoms with Gasteiger partial charge in [0, 0.05) is 19.2 Å². The lowest BCUT2D eigenvalue weighted by atomic mass is 9.89. The lowest BCUT2D eigenvalue weighted by molar-refractivity contribution is 0.0674. The Hall–Kier alpha value is -2.84. The van der Waals surface area contributed by atoms with E-state index in [1.54, 1.807) is 43.5 Å². The molecule has 1 aliphatic rings. The molecule has 3 atom stereocenters. The Labute approximate surface area is 192 Å². The van der Waals surface area contributed by atoms with Gasteiger partial charge in [0.25, 0.3) is 0 Å². The van der Waals surface area contributed by atoms with Gasteiger partial charge in [0.05, 0.1) is 12.6 Å². The van der Waals surface area contributed by atoms with E-state index in [-0.39, 0.29) is 12.1 Å². The summed E-state index contributed by atoms with van der Waals surface area (Å²) in [5.74, 6) is -1.24. The fraction of sp³-hybridized carbons (Fsp3) is 0.400. The maximum atomic E-state index is 14.6. The van der Waals surface area contributed by atoms with Gasteiger partial charge in [0.15, 0.2) is 0 Å². The number of rotatable bonds is 8. The molecule has 2 N–H and O–H groups in total. The predicted octanol–water partition coefficient (Wildman–Crippen LogP) is 3.94. The Morgan fingerprint density at radius 1 is 1.24 bits per heavy atom. The van der Waals surface area contributed by atoms with Gasteiger partial charge < -0.3 is 20.2 Å². The van der Waals surface area contributed by atoms with Crippen molar-refractivity contribution >= 4 is 11.6 Å². The normalized spacial score (nSPS) is 19.8.